The van der Waals surface area contributed by atoms with E-state index in [-0.39, 0.29) is 0 Å². The number of hydrogen-bond acceptors (Lipinski definition) is 2. The molecular weight excluding hydrogens is 251 g/mol. The summed E-state index contributed by atoms with van der Waals surface area (Å²) in [6, 6.07) is 0. The second-order valence-electron chi connectivity index (χ2n) is 3.22. The SMILES string of the molecule is CC=NCCC1(CNI)CC1. The monoisotopic (exact) mass is 266 g/mol. The summed E-state index contributed by atoms with van der Waals surface area (Å²) in [5, 5.41) is 0. The number of nitrogens with one attached hydrogen (secondary N) is 1. The van der Waals surface area contributed by atoms with Gasteiger partial charge in [-0.25, -0.2) is 0 Å². The Balaban J connectivity index is 2.14. The van der Waals surface area contributed by atoms with E-state index < -0.39 is 0 Å². The second kappa shape index (κ2) is 4.40. The van der Waals surface area contributed by atoms with Crippen LogP contribution in [0.1, 0.15) is 26.2 Å². The van der Waals surface area contributed by atoms with Crippen LogP contribution >= 0.6 is 22.9 Å². The van der Waals surface area contributed by atoms with Crippen molar-refractivity contribution >= 4 is 29.1 Å². The molecule has 0 atom stereocenters. The van der Waals surface area contributed by atoms with E-state index in [0.29, 0.717) is 5.41 Å². The summed E-state index contributed by atoms with van der Waals surface area (Å²) in [7, 11) is 0. The van der Waals surface area contributed by atoms with E-state index in [1.807, 2.05) is 13.1 Å². The zero-order valence-corrected chi connectivity index (χ0v) is 9.10. The molecule has 0 unspecified atom stereocenters. The van der Waals surface area contributed by atoms with Gasteiger partial charge in [-0.1, -0.05) is 0 Å². The molecule has 64 valence electrons. The molecule has 1 rings (SSSR count). The molecule has 1 aliphatic carbocycles. The molecule has 1 fully saturated rings. The molecule has 0 spiro atoms. The van der Waals surface area contributed by atoms with Gasteiger partial charge >= 0.3 is 0 Å². The Morgan fingerprint density at radius 3 is 2.82 bits per heavy atom. The third-order valence-electron chi connectivity index (χ3n) is 2.35. The highest BCUT2D eigenvalue weighted by Crippen LogP contribution is 2.48. The average molecular weight is 266 g/mol. The molecule has 1 saturated carbocycles. The quantitative estimate of drug-likeness (QED) is 0.460. The van der Waals surface area contributed by atoms with Crippen LogP contribution < -0.4 is 3.53 Å². The number of aliphatic imine (C=N–C) groups is 1. The molecule has 0 amide bonds. The molecule has 1 N–H and O–H groups in total. The third kappa shape index (κ3) is 3.07. The van der Waals surface area contributed by atoms with Gasteiger partial charge in [0.05, 0.1) is 0 Å². The van der Waals surface area contributed by atoms with Gasteiger partial charge in [-0.3, -0.25) is 8.52 Å². The summed E-state index contributed by atoms with van der Waals surface area (Å²) in [6.07, 6.45) is 5.94. The van der Waals surface area contributed by atoms with Crippen molar-refractivity contribution in [2.24, 2.45) is 10.4 Å². The number of rotatable bonds is 5. The van der Waals surface area contributed by atoms with Crippen LogP contribution in [0, 0.1) is 5.41 Å². The second-order valence-corrected chi connectivity index (χ2v) is 3.99. The van der Waals surface area contributed by atoms with Crippen molar-refractivity contribution < 1.29 is 0 Å². The van der Waals surface area contributed by atoms with Crippen molar-refractivity contribution in [3.63, 3.8) is 0 Å². The first kappa shape index (κ1) is 9.45. The average Bonchev–Trinajstić information content (AvgIpc) is 2.71. The van der Waals surface area contributed by atoms with Crippen LogP contribution in [0.2, 0.25) is 0 Å². The highest BCUT2D eigenvalue weighted by Gasteiger charge is 2.41. The van der Waals surface area contributed by atoms with Crippen molar-refractivity contribution in [3.05, 3.63) is 0 Å². The number of halogens is 1. The smallest absolute Gasteiger partial charge is 0.0391 e. The summed E-state index contributed by atoms with van der Waals surface area (Å²) in [4.78, 5) is 4.22. The number of hydrogen-bond donors (Lipinski definition) is 1. The van der Waals surface area contributed by atoms with Crippen LogP contribution in [-0.2, 0) is 0 Å². The molecular formula is C8H15IN2. The topological polar surface area (TPSA) is 24.4 Å². The molecule has 0 aliphatic heterocycles. The van der Waals surface area contributed by atoms with Gasteiger partial charge in [0, 0.05) is 36.0 Å². The Labute approximate surface area is 82.4 Å². The van der Waals surface area contributed by atoms with Crippen molar-refractivity contribution in [1.82, 2.24) is 3.53 Å². The van der Waals surface area contributed by atoms with Crippen LogP contribution in [0.4, 0.5) is 0 Å². The molecule has 0 aromatic heterocycles. The van der Waals surface area contributed by atoms with Crippen molar-refractivity contribution in [3.8, 4) is 0 Å². The van der Waals surface area contributed by atoms with Gasteiger partial charge in [-0.15, -0.1) is 0 Å². The lowest BCUT2D eigenvalue weighted by molar-refractivity contribution is 0.479. The van der Waals surface area contributed by atoms with Gasteiger partial charge in [-0.2, -0.15) is 0 Å². The minimum Gasteiger partial charge on any atom is -0.298 e. The fourth-order valence-electron chi connectivity index (χ4n) is 1.26. The Morgan fingerprint density at radius 2 is 2.36 bits per heavy atom. The van der Waals surface area contributed by atoms with E-state index in [4.69, 9.17) is 0 Å². The van der Waals surface area contributed by atoms with Crippen molar-refractivity contribution in [2.75, 3.05) is 13.1 Å². The Kier molecular flexibility index (Phi) is 3.78. The Morgan fingerprint density at radius 1 is 1.64 bits per heavy atom. The van der Waals surface area contributed by atoms with Crippen LogP contribution in [0.3, 0.4) is 0 Å². The fourth-order valence-corrected chi connectivity index (χ4v) is 2.07. The lowest BCUT2D eigenvalue weighted by Gasteiger charge is -2.10. The molecule has 11 heavy (non-hydrogen) atoms. The fraction of sp³-hybridized carbons (Fsp3) is 0.875. The third-order valence-corrected chi connectivity index (χ3v) is 2.73. The van der Waals surface area contributed by atoms with Gasteiger partial charge in [0.1, 0.15) is 0 Å². The van der Waals surface area contributed by atoms with Crippen molar-refractivity contribution in [2.45, 2.75) is 26.2 Å². The first-order valence-corrected chi connectivity index (χ1v) is 5.19. The van der Waals surface area contributed by atoms with Crippen LogP contribution in [0.25, 0.3) is 0 Å². The summed E-state index contributed by atoms with van der Waals surface area (Å²) < 4.78 is 3.22. The van der Waals surface area contributed by atoms with Crippen molar-refractivity contribution in [1.29, 1.82) is 0 Å². The standard InChI is InChI=1S/C8H15IN2/c1-2-10-6-5-8(3-4-8)7-11-9/h2,11H,3-7H2,1H3. The lowest BCUT2D eigenvalue weighted by Crippen LogP contribution is -2.16. The zero-order chi connectivity index (χ0) is 8.16. The number of nitrogens with zero attached hydrogens (tertiary/aromatic N) is 1. The first-order valence-electron chi connectivity index (χ1n) is 4.11. The Hall–Kier alpha value is 0.360. The van der Waals surface area contributed by atoms with E-state index in [1.165, 1.54) is 19.3 Å². The molecule has 0 heterocycles. The van der Waals surface area contributed by atoms with Crippen LogP contribution in [0.5, 0.6) is 0 Å². The summed E-state index contributed by atoms with van der Waals surface area (Å²) in [5.74, 6) is 0. The normalized spacial score (nSPS) is 20.9. The van der Waals surface area contributed by atoms with Gasteiger partial charge < -0.3 is 0 Å². The van der Waals surface area contributed by atoms with E-state index in [0.717, 1.165) is 13.1 Å². The largest absolute Gasteiger partial charge is 0.298 e. The van der Waals surface area contributed by atoms with Gasteiger partial charge in [0.2, 0.25) is 0 Å². The van der Waals surface area contributed by atoms with Gasteiger partial charge in [0.25, 0.3) is 0 Å². The van der Waals surface area contributed by atoms with Crippen LogP contribution in [-0.4, -0.2) is 19.3 Å². The Bertz CT molecular complexity index is 141. The first-order chi connectivity index (χ1) is 5.33. The maximum Gasteiger partial charge on any atom is 0.0391 e. The van der Waals surface area contributed by atoms with Gasteiger partial charge in [-0.05, 0) is 37.8 Å². The summed E-state index contributed by atoms with van der Waals surface area (Å²) >= 11 is 2.23. The predicted molar refractivity (Wildman–Crippen MR) is 57.3 cm³/mol. The minimum atomic E-state index is 0.619. The predicted octanol–water partition coefficient (Wildman–Crippen LogP) is 2.19. The maximum absolute atomic E-state index is 4.22. The van der Waals surface area contributed by atoms with E-state index >= 15 is 0 Å². The highest BCUT2D eigenvalue weighted by atomic mass is 127. The molecule has 0 radical (unpaired) electrons. The minimum absolute atomic E-state index is 0.619. The maximum atomic E-state index is 4.22. The highest BCUT2D eigenvalue weighted by molar-refractivity contribution is 14.1. The molecule has 2 nitrogen and oxygen atoms in total. The van der Waals surface area contributed by atoms with E-state index in [1.54, 1.807) is 0 Å². The summed E-state index contributed by atoms with van der Waals surface area (Å²) in [6.45, 7) is 4.15. The molecule has 0 saturated heterocycles. The van der Waals surface area contributed by atoms with Gasteiger partial charge in [0.15, 0.2) is 0 Å². The molecule has 0 bridgehead atoms. The lowest BCUT2D eigenvalue weighted by atomic mass is 10.0. The molecule has 0 aromatic carbocycles. The zero-order valence-electron chi connectivity index (χ0n) is 6.94. The van der Waals surface area contributed by atoms with E-state index in [2.05, 4.69) is 31.4 Å². The van der Waals surface area contributed by atoms with Crippen LogP contribution in [0.15, 0.2) is 4.99 Å². The molecule has 3 heteroatoms. The summed E-state index contributed by atoms with van der Waals surface area (Å²) in [5.41, 5.74) is 0.619. The van der Waals surface area contributed by atoms with E-state index in [9.17, 15) is 0 Å². The molecule has 1 aliphatic rings. The molecule has 0 aromatic rings.